The number of sulfonamides is 1. The van der Waals surface area contributed by atoms with Gasteiger partial charge in [0.25, 0.3) is 0 Å². The smallest absolute Gasteiger partial charge is 0.244 e. The van der Waals surface area contributed by atoms with Crippen LogP contribution in [0.15, 0.2) is 72.0 Å². The molecule has 3 aromatic rings. The van der Waals surface area contributed by atoms with E-state index in [4.69, 9.17) is 0 Å². The van der Waals surface area contributed by atoms with Crippen LogP contribution >= 0.6 is 0 Å². The Kier molecular flexibility index (Phi) is 6.08. The van der Waals surface area contributed by atoms with Gasteiger partial charge in [0.05, 0.1) is 0 Å². The van der Waals surface area contributed by atoms with Crippen LogP contribution in [0.25, 0.3) is 11.1 Å². The molecule has 0 atom stereocenters. The summed E-state index contributed by atoms with van der Waals surface area (Å²) in [4.78, 5) is 10.8. The van der Waals surface area contributed by atoms with Crippen LogP contribution in [-0.4, -0.2) is 60.8 Å². The predicted molar refractivity (Wildman–Crippen MR) is 117 cm³/mol. The number of aromatic nitrogens is 2. The highest BCUT2D eigenvalue weighted by atomic mass is 32.2. The van der Waals surface area contributed by atoms with Crippen LogP contribution in [0.2, 0.25) is 0 Å². The van der Waals surface area contributed by atoms with Crippen molar-refractivity contribution in [2.45, 2.75) is 11.4 Å². The van der Waals surface area contributed by atoms with Crippen LogP contribution in [0, 0.1) is 0 Å². The van der Waals surface area contributed by atoms with Crippen molar-refractivity contribution >= 4 is 15.8 Å². The SMILES string of the molecule is CN1CCN(S(=O)(=O)c2ccc(NCc3ccc(-c4cccnc4)cc3)nc2)CC1. The number of hydrogen-bond acceptors (Lipinski definition) is 6. The van der Waals surface area contributed by atoms with Crippen molar-refractivity contribution in [3.05, 3.63) is 72.7 Å². The lowest BCUT2D eigenvalue weighted by molar-refractivity contribution is 0.222. The van der Waals surface area contributed by atoms with E-state index in [9.17, 15) is 8.42 Å². The number of nitrogens with one attached hydrogen (secondary N) is 1. The quantitative estimate of drug-likeness (QED) is 0.657. The highest BCUT2D eigenvalue weighted by Crippen LogP contribution is 2.20. The van der Waals surface area contributed by atoms with Crippen LogP contribution in [0.1, 0.15) is 5.56 Å². The maximum Gasteiger partial charge on any atom is 0.244 e. The van der Waals surface area contributed by atoms with Crippen molar-refractivity contribution in [2.75, 3.05) is 38.5 Å². The second kappa shape index (κ2) is 8.91. The largest absolute Gasteiger partial charge is 0.366 e. The van der Waals surface area contributed by atoms with E-state index in [0.717, 1.165) is 29.8 Å². The molecule has 0 amide bonds. The summed E-state index contributed by atoms with van der Waals surface area (Å²) in [5.74, 6) is 0.642. The van der Waals surface area contributed by atoms with E-state index in [-0.39, 0.29) is 4.90 Å². The molecule has 0 spiro atoms. The monoisotopic (exact) mass is 423 g/mol. The third-order valence-corrected chi connectivity index (χ3v) is 7.14. The van der Waals surface area contributed by atoms with Gasteiger partial charge in [0.15, 0.2) is 0 Å². The molecule has 1 N–H and O–H groups in total. The first-order valence-electron chi connectivity index (χ1n) is 9.90. The number of pyridine rings is 2. The third-order valence-electron chi connectivity index (χ3n) is 5.26. The molecule has 2 aromatic heterocycles. The zero-order valence-corrected chi connectivity index (χ0v) is 17.7. The Labute approximate surface area is 177 Å². The van der Waals surface area contributed by atoms with Crippen molar-refractivity contribution < 1.29 is 8.42 Å². The van der Waals surface area contributed by atoms with Gasteiger partial charge in [-0.2, -0.15) is 4.31 Å². The molecule has 30 heavy (non-hydrogen) atoms. The van der Waals surface area contributed by atoms with Crippen molar-refractivity contribution in [1.82, 2.24) is 19.2 Å². The molecule has 0 unspecified atom stereocenters. The van der Waals surface area contributed by atoms with Crippen molar-refractivity contribution in [3.8, 4) is 11.1 Å². The number of piperazine rings is 1. The topological polar surface area (TPSA) is 78.4 Å². The first-order valence-corrected chi connectivity index (χ1v) is 11.3. The van der Waals surface area contributed by atoms with Gasteiger partial charge in [0, 0.05) is 51.3 Å². The zero-order valence-electron chi connectivity index (χ0n) is 16.9. The van der Waals surface area contributed by atoms with E-state index >= 15 is 0 Å². The number of benzene rings is 1. The lowest BCUT2D eigenvalue weighted by Crippen LogP contribution is -2.47. The summed E-state index contributed by atoms with van der Waals surface area (Å²) >= 11 is 0. The summed E-state index contributed by atoms with van der Waals surface area (Å²) in [6.07, 6.45) is 5.03. The van der Waals surface area contributed by atoms with Gasteiger partial charge in [-0.3, -0.25) is 4.98 Å². The average Bonchev–Trinajstić information content (AvgIpc) is 2.79. The molecule has 0 bridgehead atoms. The van der Waals surface area contributed by atoms with Gasteiger partial charge in [0.2, 0.25) is 10.0 Å². The molecule has 4 rings (SSSR count). The Morgan fingerprint density at radius 1 is 0.933 bits per heavy atom. The number of hydrogen-bond donors (Lipinski definition) is 1. The van der Waals surface area contributed by atoms with Crippen LogP contribution in [0.3, 0.4) is 0 Å². The van der Waals surface area contributed by atoms with Crippen LogP contribution in [0.4, 0.5) is 5.82 Å². The van der Waals surface area contributed by atoms with Gasteiger partial charge < -0.3 is 10.2 Å². The van der Waals surface area contributed by atoms with E-state index < -0.39 is 10.0 Å². The van der Waals surface area contributed by atoms with Gasteiger partial charge in [-0.15, -0.1) is 0 Å². The molecule has 1 saturated heterocycles. The van der Waals surface area contributed by atoms with Gasteiger partial charge in [-0.05, 0) is 41.9 Å². The number of likely N-dealkylation sites (N-methyl/N-ethyl adjacent to an activating group) is 1. The first kappa shape index (κ1) is 20.5. The fraction of sp³-hybridized carbons (Fsp3) is 0.273. The molecule has 1 aliphatic heterocycles. The molecule has 7 nitrogen and oxygen atoms in total. The molecular formula is C22H25N5O2S. The molecular weight excluding hydrogens is 398 g/mol. The van der Waals surface area contributed by atoms with Crippen LogP contribution in [0.5, 0.6) is 0 Å². The molecule has 156 valence electrons. The Hall–Kier alpha value is -2.81. The summed E-state index contributed by atoms with van der Waals surface area (Å²) in [5.41, 5.74) is 3.30. The minimum atomic E-state index is -3.49. The number of anilines is 1. The van der Waals surface area contributed by atoms with Crippen molar-refractivity contribution in [1.29, 1.82) is 0 Å². The summed E-state index contributed by atoms with van der Waals surface area (Å²) < 4.78 is 27.1. The van der Waals surface area contributed by atoms with Crippen LogP contribution in [-0.2, 0) is 16.6 Å². The minimum absolute atomic E-state index is 0.235. The second-order valence-corrected chi connectivity index (χ2v) is 9.32. The van der Waals surface area contributed by atoms with Gasteiger partial charge in [0.1, 0.15) is 10.7 Å². The van der Waals surface area contributed by atoms with Crippen molar-refractivity contribution in [3.63, 3.8) is 0 Å². The maximum atomic E-state index is 12.8. The fourth-order valence-electron chi connectivity index (χ4n) is 3.36. The number of rotatable bonds is 6. The van der Waals surface area contributed by atoms with Gasteiger partial charge in [-0.1, -0.05) is 30.3 Å². The normalized spacial score (nSPS) is 15.8. The molecule has 3 heterocycles. The molecule has 0 saturated carbocycles. The molecule has 1 aliphatic rings. The Balaban J connectivity index is 1.37. The van der Waals surface area contributed by atoms with E-state index in [1.165, 1.54) is 10.5 Å². The highest BCUT2D eigenvalue weighted by molar-refractivity contribution is 7.89. The van der Waals surface area contributed by atoms with Crippen molar-refractivity contribution in [2.24, 2.45) is 0 Å². The Bertz CT molecular complexity index is 1060. The first-order chi connectivity index (χ1) is 14.5. The van der Waals surface area contributed by atoms with E-state index in [2.05, 4.69) is 44.5 Å². The molecule has 0 aliphatic carbocycles. The summed E-state index contributed by atoms with van der Waals surface area (Å²) in [6.45, 7) is 3.10. The molecule has 8 heteroatoms. The average molecular weight is 424 g/mol. The van der Waals surface area contributed by atoms with Crippen LogP contribution < -0.4 is 5.32 Å². The Morgan fingerprint density at radius 3 is 2.33 bits per heavy atom. The molecule has 1 aromatic carbocycles. The summed E-state index contributed by atoms with van der Waals surface area (Å²) in [6, 6.07) is 15.5. The van der Waals surface area contributed by atoms with Gasteiger partial charge in [-0.25, -0.2) is 13.4 Å². The lowest BCUT2D eigenvalue weighted by atomic mass is 10.1. The summed E-state index contributed by atoms with van der Waals surface area (Å²) in [5, 5.41) is 3.25. The third kappa shape index (κ3) is 4.67. The lowest BCUT2D eigenvalue weighted by Gasteiger charge is -2.31. The second-order valence-electron chi connectivity index (χ2n) is 7.38. The number of nitrogens with zero attached hydrogens (tertiary/aromatic N) is 4. The van der Waals surface area contributed by atoms with E-state index in [1.54, 1.807) is 18.3 Å². The molecule has 1 fully saturated rings. The van der Waals surface area contributed by atoms with E-state index in [1.807, 2.05) is 25.4 Å². The zero-order chi connectivity index (χ0) is 21.0. The van der Waals surface area contributed by atoms with E-state index in [0.29, 0.717) is 25.5 Å². The predicted octanol–water partition coefficient (Wildman–Crippen LogP) is 2.69. The minimum Gasteiger partial charge on any atom is -0.366 e. The maximum absolute atomic E-state index is 12.8. The highest BCUT2D eigenvalue weighted by Gasteiger charge is 2.27. The fourth-order valence-corrected chi connectivity index (χ4v) is 4.72. The summed E-state index contributed by atoms with van der Waals surface area (Å²) in [7, 11) is -1.49. The standard InChI is InChI=1S/C22H25N5O2S/c1-26-11-13-27(14-12-26)30(28,29)21-8-9-22(25-17-21)24-15-18-4-6-19(7-5-18)20-3-2-10-23-16-20/h2-10,16-17H,11-15H2,1H3,(H,24,25). The van der Waals surface area contributed by atoms with Gasteiger partial charge >= 0.3 is 0 Å². The molecule has 0 radical (unpaired) electrons. The Morgan fingerprint density at radius 2 is 1.70 bits per heavy atom.